The Kier molecular flexibility index (Phi) is 4.56. The molecule has 3 atom stereocenters. The van der Waals surface area contributed by atoms with E-state index >= 15 is 0 Å². The van der Waals surface area contributed by atoms with Crippen LogP contribution in [0.1, 0.15) is 6.42 Å². The highest BCUT2D eigenvalue weighted by atomic mass is 19.4. The van der Waals surface area contributed by atoms with E-state index < -0.39 is 18.3 Å². The SMILES string of the molecule is C=CC1=C(OC(=O)O)N2C(=O)[C@H]3NCCC1[C@H]32.O=C(O)C(F)(F)F. The second-order valence-corrected chi connectivity index (χ2v) is 5.16. The number of nitrogens with one attached hydrogen (secondary N) is 1. The van der Waals surface area contributed by atoms with Crippen LogP contribution in [-0.2, 0) is 14.3 Å². The summed E-state index contributed by atoms with van der Waals surface area (Å²) in [5, 5.41) is 19.0. The van der Waals surface area contributed by atoms with Gasteiger partial charge in [-0.15, -0.1) is 0 Å². The normalized spacial score (nSPS) is 27.5. The third-order valence-corrected chi connectivity index (χ3v) is 3.89. The predicted octanol–water partition coefficient (Wildman–Crippen LogP) is 0.914. The third kappa shape index (κ3) is 2.94. The largest absolute Gasteiger partial charge is 0.512 e. The maximum atomic E-state index is 11.8. The molecular weight excluding hydrogens is 337 g/mol. The summed E-state index contributed by atoms with van der Waals surface area (Å²) < 4.78 is 36.5. The van der Waals surface area contributed by atoms with Crippen LogP contribution >= 0.6 is 0 Å². The monoisotopic (exact) mass is 350 g/mol. The number of piperidine rings is 1. The number of nitrogens with zero attached hydrogens (tertiary/aromatic N) is 1. The smallest absolute Gasteiger partial charge is 0.475 e. The van der Waals surface area contributed by atoms with Crippen LogP contribution in [0.2, 0.25) is 0 Å². The van der Waals surface area contributed by atoms with Gasteiger partial charge in [-0.2, -0.15) is 13.2 Å². The number of hydrogen-bond donors (Lipinski definition) is 3. The van der Waals surface area contributed by atoms with Gasteiger partial charge in [0.25, 0.3) is 0 Å². The summed E-state index contributed by atoms with van der Waals surface area (Å²) in [6.45, 7) is 4.43. The van der Waals surface area contributed by atoms with E-state index in [1.807, 2.05) is 0 Å². The minimum atomic E-state index is -5.08. The first-order valence-electron chi connectivity index (χ1n) is 6.73. The second kappa shape index (κ2) is 6.15. The molecule has 2 fully saturated rings. The van der Waals surface area contributed by atoms with Crippen LogP contribution in [0.3, 0.4) is 0 Å². The molecule has 1 unspecified atom stereocenters. The zero-order valence-corrected chi connectivity index (χ0v) is 12.0. The number of amides is 1. The van der Waals surface area contributed by atoms with Crippen LogP contribution in [0.25, 0.3) is 0 Å². The van der Waals surface area contributed by atoms with Crippen molar-refractivity contribution in [3.05, 3.63) is 24.1 Å². The van der Waals surface area contributed by atoms with Crippen molar-refractivity contribution in [2.24, 2.45) is 5.92 Å². The second-order valence-electron chi connectivity index (χ2n) is 5.16. The van der Waals surface area contributed by atoms with Crippen molar-refractivity contribution in [1.29, 1.82) is 0 Å². The molecule has 1 amide bonds. The van der Waals surface area contributed by atoms with Gasteiger partial charge in [0.05, 0.1) is 6.04 Å². The molecule has 0 spiro atoms. The van der Waals surface area contributed by atoms with Gasteiger partial charge in [-0.05, 0) is 13.0 Å². The number of alkyl halides is 3. The van der Waals surface area contributed by atoms with Gasteiger partial charge in [0, 0.05) is 11.5 Å². The highest BCUT2D eigenvalue weighted by molar-refractivity contribution is 5.93. The molecule has 0 aromatic heterocycles. The lowest BCUT2D eigenvalue weighted by Crippen LogP contribution is -2.71. The van der Waals surface area contributed by atoms with Gasteiger partial charge in [-0.1, -0.05) is 12.7 Å². The number of carboxylic acid groups (broad SMARTS) is 2. The number of carbonyl (C=O) groups is 3. The molecule has 3 aliphatic heterocycles. The lowest BCUT2D eigenvalue weighted by molar-refractivity contribution is -0.192. The number of rotatable bonds is 2. The molecule has 0 saturated carbocycles. The van der Waals surface area contributed by atoms with Crippen LogP contribution in [0.5, 0.6) is 0 Å². The number of ether oxygens (including phenoxy) is 1. The zero-order valence-electron chi connectivity index (χ0n) is 12.0. The van der Waals surface area contributed by atoms with Gasteiger partial charge in [0.2, 0.25) is 11.8 Å². The molecule has 0 aliphatic carbocycles. The summed E-state index contributed by atoms with van der Waals surface area (Å²) in [4.78, 5) is 32.8. The lowest BCUT2D eigenvalue weighted by atomic mass is 9.79. The predicted molar refractivity (Wildman–Crippen MR) is 70.6 cm³/mol. The topological polar surface area (TPSA) is 116 Å². The number of halogens is 3. The van der Waals surface area contributed by atoms with Gasteiger partial charge < -0.3 is 20.3 Å². The molecule has 2 saturated heterocycles. The number of allylic oxidation sites excluding steroid dienone is 1. The number of hydrogen-bond acceptors (Lipinski definition) is 5. The standard InChI is InChI=1S/C11H12N2O4.C2HF3O2/c1-2-5-6-3-4-12-7-8(6)13(9(7)14)10(5)17-11(15)16;3-2(4,5)1(6)7/h2,6-8,12H,1,3-4H2,(H,15,16);(H,6,7)/t6?,7-,8+;/m0./s1. The van der Waals surface area contributed by atoms with Gasteiger partial charge in [-0.3, -0.25) is 9.69 Å². The van der Waals surface area contributed by atoms with Gasteiger partial charge in [-0.25, -0.2) is 9.59 Å². The molecule has 3 N–H and O–H groups in total. The third-order valence-electron chi connectivity index (χ3n) is 3.89. The Labute approximate surface area is 133 Å². The van der Waals surface area contributed by atoms with Crippen LogP contribution in [0, 0.1) is 5.92 Å². The van der Waals surface area contributed by atoms with Gasteiger partial charge in [0.1, 0.15) is 6.04 Å². The molecule has 3 rings (SSSR count). The average Bonchev–Trinajstić information content (AvgIpc) is 2.77. The fraction of sp³-hybridized carbons (Fsp3) is 0.462. The molecule has 0 bridgehead atoms. The maximum absolute atomic E-state index is 11.8. The van der Waals surface area contributed by atoms with Crippen LogP contribution in [-0.4, -0.2) is 57.9 Å². The molecule has 11 heteroatoms. The Morgan fingerprint density at radius 3 is 2.42 bits per heavy atom. The molecule has 0 aromatic rings. The number of aliphatic carboxylic acids is 1. The molecular formula is C13H13F3N2O6. The van der Waals surface area contributed by atoms with E-state index in [0.717, 1.165) is 18.5 Å². The van der Waals surface area contributed by atoms with Crippen molar-refractivity contribution in [1.82, 2.24) is 10.2 Å². The fourth-order valence-electron chi connectivity index (χ4n) is 3.00. The minimum absolute atomic E-state index is 0.00130. The Morgan fingerprint density at radius 1 is 1.38 bits per heavy atom. The zero-order chi connectivity index (χ0) is 18.2. The Balaban J connectivity index is 0.000000256. The van der Waals surface area contributed by atoms with E-state index in [0.29, 0.717) is 0 Å². The molecule has 0 aromatic carbocycles. The fourth-order valence-corrected chi connectivity index (χ4v) is 3.00. The van der Waals surface area contributed by atoms with E-state index in [1.54, 1.807) is 6.08 Å². The van der Waals surface area contributed by atoms with Crippen molar-refractivity contribution in [2.45, 2.75) is 24.7 Å². The Morgan fingerprint density at radius 2 is 1.96 bits per heavy atom. The Hall–Kier alpha value is -2.56. The van der Waals surface area contributed by atoms with E-state index in [2.05, 4.69) is 11.9 Å². The van der Waals surface area contributed by atoms with E-state index in [9.17, 15) is 22.8 Å². The summed E-state index contributed by atoms with van der Waals surface area (Å²) in [5.41, 5.74) is 0.731. The van der Waals surface area contributed by atoms with E-state index in [1.165, 1.54) is 4.90 Å². The van der Waals surface area contributed by atoms with Crippen molar-refractivity contribution in [3.8, 4) is 0 Å². The van der Waals surface area contributed by atoms with Crippen molar-refractivity contribution >= 4 is 18.0 Å². The highest BCUT2D eigenvalue weighted by Gasteiger charge is 2.60. The first kappa shape index (κ1) is 17.8. The van der Waals surface area contributed by atoms with Crippen LogP contribution in [0.15, 0.2) is 24.1 Å². The maximum Gasteiger partial charge on any atom is 0.512 e. The molecule has 3 heterocycles. The van der Waals surface area contributed by atoms with E-state index in [4.69, 9.17) is 19.7 Å². The first-order chi connectivity index (χ1) is 11.1. The van der Waals surface area contributed by atoms with E-state index in [-0.39, 0.29) is 29.8 Å². The van der Waals surface area contributed by atoms with Crippen LogP contribution < -0.4 is 5.32 Å². The van der Waals surface area contributed by atoms with Gasteiger partial charge >= 0.3 is 18.3 Å². The Bertz CT molecular complexity index is 630. The van der Waals surface area contributed by atoms with Crippen molar-refractivity contribution in [2.75, 3.05) is 6.54 Å². The number of carboxylic acids is 1. The highest BCUT2D eigenvalue weighted by Crippen LogP contribution is 2.46. The van der Waals surface area contributed by atoms with Crippen LogP contribution in [0.4, 0.5) is 18.0 Å². The molecule has 0 radical (unpaired) electrons. The number of carbonyl (C=O) groups excluding carboxylic acids is 1. The quantitative estimate of drug-likeness (QED) is 0.501. The summed E-state index contributed by atoms with van der Waals surface area (Å²) >= 11 is 0. The molecule has 8 nitrogen and oxygen atoms in total. The minimum Gasteiger partial charge on any atom is -0.475 e. The van der Waals surface area contributed by atoms with Gasteiger partial charge in [0.15, 0.2) is 0 Å². The summed E-state index contributed by atoms with van der Waals surface area (Å²) in [6, 6.07) is -0.197. The summed E-state index contributed by atoms with van der Waals surface area (Å²) in [6.07, 6.45) is -4.03. The number of β-lactam (4-membered cyclic amide) rings is 1. The molecule has 132 valence electrons. The summed E-state index contributed by atoms with van der Waals surface area (Å²) in [7, 11) is 0. The van der Waals surface area contributed by atoms with Crippen molar-refractivity contribution in [3.63, 3.8) is 0 Å². The van der Waals surface area contributed by atoms with Crippen molar-refractivity contribution < 1.29 is 42.5 Å². The average molecular weight is 350 g/mol. The first-order valence-corrected chi connectivity index (χ1v) is 6.73. The lowest BCUT2D eigenvalue weighted by Gasteiger charge is -2.48. The molecule has 3 aliphatic rings. The summed E-state index contributed by atoms with van der Waals surface area (Å²) in [5.74, 6) is -2.58. The molecule has 24 heavy (non-hydrogen) atoms.